The summed E-state index contributed by atoms with van der Waals surface area (Å²) in [4.78, 5) is 2.43. The molecular formula is C61H44N2. The minimum atomic E-state index is -0.124. The van der Waals surface area contributed by atoms with Crippen LogP contribution >= 0.6 is 0 Å². The van der Waals surface area contributed by atoms with E-state index in [1.54, 1.807) is 0 Å². The molecule has 0 aliphatic heterocycles. The highest BCUT2D eigenvalue weighted by Gasteiger charge is 2.36. The Morgan fingerprint density at radius 1 is 0.365 bits per heavy atom. The van der Waals surface area contributed by atoms with Gasteiger partial charge in [0.1, 0.15) is 0 Å². The zero-order valence-corrected chi connectivity index (χ0v) is 35.3. The van der Waals surface area contributed by atoms with Crippen LogP contribution in [0.1, 0.15) is 25.0 Å². The van der Waals surface area contributed by atoms with Crippen molar-refractivity contribution in [2.24, 2.45) is 0 Å². The number of nitrogens with zero attached hydrogens (tertiary/aromatic N) is 2. The van der Waals surface area contributed by atoms with Crippen molar-refractivity contribution in [2.45, 2.75) is 19.3 Å². The summed E-state index contributed by atoms with van der Waals surface area (Å²) in [7, 11) is 0. The summed E-state index contributed by atoms with van der Waals surface area (Å²) in [6.07, 6.45) is 0. The second kappa shape index (κ2) is 14.6. The molecule has 2 nitrogen and oxygen atoms in total. The van der Waals surface area contributed by atoms with Gasteiger partial charge in [-0.2, -0.15) is 0 Å². The van der Waals surface area contributed by atoms with Crippen molar-refractivity contribution < 1.29 is 0 Å². The van der Waals surface area contributed by atoms with Gasteiger partial charge in [0.25, 0.3) is 0 Å². The molecule has 298 valence electrons. The highest BCUT2D eigenvalue weighted by Crippen LogP contribution is 2.51. The molecule has 0 saturated carbocycles. The molecule has 0 amide bonds. The lowest BCUT2D eigenvalue weighted by Crippen LogP contribution is -2.16. The number of aromatic nitrogens is 1. The van der Waals surface area contributed by atoms with Crippen LogP contribution in [0.2, 0.25) is 0 Å². The van der Waals surface area contributed by atoms with Gasteiger partial charge in [-0.25, -0.2) is 0 Å². The summed E-state index contributed by atoms with van der Waals surface area (Å²) < 4.78 is 2.48. The first-order valence-corrected chi connectivity index (χ1v) is 21.9. The fraction of sp³-hybridized carbons (Fsp3) is 0.0492. The molecule has 0 N–H and O–H groups in total. The third kappa shape index (κ3) is 5.94. The van der Waals surface area contributed by atoms with Crippen molar-refractivity contribution >= 4 is 49.5 Å². The van der Waals surface area contributed by atoms with E-state index in [4.69, 9.17) is 0 Å². The van der Waals surface area contributed by atoms with Crippen molar-refractivity contribution in [1.29, 1.82) is 0 Å². The van der Waals surface area contributed by atoms with Gasteiger partial charge >= 0.3 is 0 Å². The Morgan fingerprint density at radius 3 is 1.67 bits per heavy atom. The Kier molecular flexibility index (Phi) is 8.55. The molecule has 1 aliphatic carbocycles. The molecule has 12 rings (SSSR count). The van der Waals surface area contributed by atoms with Gasteiger partial charge < -0.3 is 9.47 Å². The number of benzene rings is 10. The second-order valence-corrected chi connectivity index (χ2v) is 17.3. The van der Waals surface area contributed by atoms with Crippen molar-refractivity contribution in [3.8, 4) is 50.3 Å². The van der Waals surface area contributed by atoms with E-state index in [2.05, 4.69) is 254 Å². The Hall–Kier alpha value is -7.94. The minimum Gasteiger partial charge on any atom is -0.310 e. The van der Waals surface area contributed by atoms with Gasteiger partial charge in [-0.3, -0.25) is 0 Å². The predicted molar refractivity (Wildman–Crippen MR) is 267 cm³/mol. The zero-order valence-electron chi connectivity index (χ0n) is 35.3. The Morgan fingerprint density at radius 2 is 0.921 bits per heavy atom. The monoisotopic (exact) mass is 804 g/mol. The van der Waals surface area contributed by atoms with Crippen LogP contribution in [0.25, 0.3) is 82.8 Å². The van der Waals surface area contributed by atoms with Crippen molar-refractivity contribution in [1.82, 2.24) is 4.57 Å². The Balaban J connectivity index is 1.04. The fourth-order valence-corrected chi connectivity index (χ4v) is 10.4. The van der Waals surface area contributed by atoms with Crippen LogP contribution in [-0.4, -0.2) is 4.57 Å². The van der Waals surface area contributed by atoms with Crippen LogP contribution in [0.4, 0.5) is 17.1 Å². The van der Waals surface area contributed by atoms with E-state index in [0.717, 1.165) is 22.7 Å². The van der Waals surface area contributed by atoms with Gasteiger partial charge in [-0.1, -0.05) is 196 Å². The van der Waals surface area contributed by atoms with Crippen molar-refractivity contribution in [3.63, 3.8) is 0 Å². The lowest BCUT2D eigenvalue weighted by Gasteiger charge is -2.28. The largest absolute Gasteiger partial charge is 0.310 e. The summed E-state index contributed by atoms with van der Waals surface area (Å²) in [5, 5.41) is 6.20. The fourth-order valence-electron chi connectivity index (χ4n) is 10.4. The molecular weight excluding hydrogens is 761 g/mol. The number of para-hydroxylation sites is 1. The van der Waals surface area contributed by atoms with E-state index < -0.39 is 0 Å². The lowest BCUT2D eigenvalue weighted by atomic mass is 9.82. The highest BCUT2D eigenvalue weighted by atomic mass is 15.1. The maximum Gasteiger partial charge on any atom is 0.0619 e. The normalized spacial score (nSPS) is 12.7. The summed E-state index contributed by atoms with van der Waals surface area (Å²) >= 11 is 0. The molecule has 0 unspecified atom stereocenters. The second-order valence-electron chi connectivity index (χ2n) is 17.3. The Labute approximate surface area is 368 Å². The highest BCUT2D eigenvalue weighted by molar-refractivity contribution is 6.16. The molecule has 0 atom stereocenters. The van der Waals surface area contributed by atoms with Crippen molar-refractivity contribution in [3.05, 3.63) is 242 Å². The van der Waals surface area contributed by atoms with Crippen LogP contribution in [0.3, 0.4) is 0 Å². The smallest absolute Gasteiger partial charge is 0.0619 e. The van der Waals surface area contributed by atoms with Gasteiger partial charge in [0.15, 0.2) is 0 Å². The third-order valence-corrected chi connectivity index (χ3v) is 13.4. The van der Waals surface area contributed by atoms with E-state index in [1.807, 2.05) is 0 Å². The molecule has 63 heavy (non-hydrogen) atoms. The summed E-state index contributed by atoms with van der Waals surface area (Å²) in [6.45, 7) is 4.72. The minimum absolute atomic E-state index is 0.124. The molecule has 2 heteroatoms. The maximum atomic E-state index is 2.48. The van der Waals surface area contributed by atoms with Crippen LogP contribution in [0.5, 0.6) is 0 Å². The van der Waals surface area contributed by atoms with E-state index in [0.29, 0.717) is 0 Å². The zero-order chi connectivity index (χ0) is 42.1. The maximum absolute atomic E-state index is 2.48. The van der Waals surface area contributed by atoms with Crippen LogP contribution in [-0.2, 0) is 5.41 Å². The molecule has 0 bridgehead atoms. The van der Waals surface area contributed by atoms with E-state index in [1.165, 1.54) is 88.2 Å². The average molecular weight is 805 g/mol. The van der Waals surface area contributed by atoms with E-state index >= 15 is 0 Å². The van der Waals surface area contributed by atoms with Gasteiger partial charge in [0.2, 0.25) is 0 Å². The first-order chi connectivity index (χ1) is 31.0. The molecule has 1 aliphatic rings. The third-order valence-electron chi connectivity index (χ3n) is 13.4. The molecule has 0 radical (unpaired) electrons. The number of anilines is 3. The van der Waals surface area contributed by atoms with Crippen LogP contribution < -0.4 is 4.90 Å². The van der Waals surface area contributed by atoms with Crippen LogP contribution in [0.15, 0.2) is 231 Å². The standard InChI is InChI=1S/C61H44N2/c1-61(2)56-27-14-13-25-53(56)54-39-37-49(40-57(54)61)62(47-33-28-43(29-34-47)51-26-15-20-41-16-9-11-23-50(41)51)48-35-30-44(31-36-48)58-55-38-32-42-17-10-12-24-52(42)60(55)63(46-21-7-4-8-22-46)59(58)45-18-5-3-6-19-45/h3-40H,1-2H3. The van der Waals surface area contributed by atoms with Gasteiger partial charge in [-0.15, -0.1) is 0 Å². The van der Waals surface area contributed by atoms with Gasteiger partial charge in [-0.05, 0) is 109 Å². The molecule has 0 saturated heterocycles. The van der Waals surface area contributed by atoms with E-state index in [9.17, 15) is 0 Å². The molecule has 0 spiro atoms. The predicted octanol–water partition coefficient (Wildman–Crippen LogP) is 16.7. The first kappa shape index (κ1) is 36.9. The Bertz CT molecular complexity index is 3500. The average Bonchev–Trinajstić information content (AvgIpc) is 3.81. The number of hydrogen-bond donors (Lipinski definition) is 0. The van der Waals surface area contributed by atoms with E-state index in [-0.39, 0.29) is 5.41 Å². The molecule has 1 aromatic heterocycles. The lowest BCUT2D eigenvalue weighted by molar-refractivity contribution is 0.660. The van der Waals surface area contributed by atoms with Gasteiger partial charge in [0, 0.05) is 44.5 Å². The quantitative estimate of drug-likeness (QED) is 0.156. The van der Waals surface area contributed by atoms with Gasteiger partial charge in [0.05, 0.1) is 11.2 Å². The summed E-state index contributed by atoms with van der Waals surface area (Å²) in [6, 6.07) is 84.6. The SMILES string of the molecule is CC1(C)c2ccccc2-c2ccc(N(c3ccc(-c4cccc5ccccc45)cc3)c3ccc(-c4c(-c5ccccc5)n(-c5ccccc5)c5c4ccc4ccccc45)cc3)cc21. The molecule has 1 heterocycles. The first-order valence-electron chi connectivity index (χ1n) is 21.9. The molecule has 11 aromatic rings. The topological polar surface area (TPSA) is 8.17 Å². The molecule has 10 aromatic carbocycles. The molecule has 0 fully saturated rings. The number of hydrogen-bond acceptors (Lipinski definition) is 1. The number of rotatable bonds is 7. The summed E-state index contributed by atoms with van der Waals surface area (Å²) in [5.41, 5.74) is 18.1. The van der Waals surface area contributed by atoms with Crippen LogP contribution in [0, 0.1) is 0 Å². The van der Waals surface area contributed by atoms with Crippen molar-refractivity contribution in [2.75, 3.05) is 4.90 Å². The number of fused-ring (bicyclic) bond motifs is 7. The summed E-state index contributed by atoms with van der Waals surface area (Å²) in [5.74, 6) is 0.